The number of hydrogen-bond acceptors (Lipinski definition) is 5. The van der Waals surface area contributed by atoms with Gasteiger partial charge in [0.1, 0.15) is 17.0 Å². The van der Waals surface area contributed by atoms with Gasteiger partial charge in [0.2, 0.25) is 0 Å². The standard InChI is InChI=1S/C21H15F3N4O4/c1-11-5-6-13(31-16-7-8-25-18-17(16)27-20(30)28-18)10-15(11)26-19(29)12-3-2-4-14(9-12)32-21(22,23)24/h2-10H,1H3,(H,26,29)(H2,25,27,28,30). The molecule has 3 N–H and O–H groups in total. The largest absolute Gasteiger partial charge is 0.573 e. The Labute approximate surface area is 178 Å². The third-order valence-corrected chi connectivity index (χ3v) is 4.40. The quantitative estimate of drug-likeness (QED) is 0.420. The first-order valence-electron chi connectivity index (χ1n) is 9.20. The number of hydrogen-bond donors (Lipinski definition) is 3. The SMILES string of the molecule is Cc1ccc(Oc2ccnc3[nH]c(=O)[nH]c23)cc1NC(=O)c1cccc(OC(F)(F)F)c1. The van der Waals surface area contributed by atoms with Crippen LogP contribution in [0.5, 0.6) is 17.2 Å². The Morgan fingerprint density at radius 1 is 1.06 bits per heavy atom. The number of carbonyl (C=O) groups is 1. The number of aryl methyl sites for hydroxylation is 1. The smallest absolute Gasteiger partial charge is 0.455 e. The van der Waals surface area contributed by atoms with Gasteiger partial charge in [-0.15, -0.1) is 13.2 Å². The number of carbonyl (C=O) groups excluding carboxylic acids is 1. The van der Waals surface area contributed by atoms with Crippen LogP contribution in [0.1, 0.15) is 15.9 Å². The van der Waals surface area contributed by atoms with Crippen molar-refractivity contribution in [2.75, 3.05) is 5.32 Å². The average molecular weight is 444 g/mol. The molecule has 164 valence electrons. The Balaban J connectivity index is 1.56. The third kappa shape index (κ3) is 4.72. The number of aromatic amines is 2. The number of nitrogens with one attached hydrogen (secondary N) is 3. The van der Waals surface area contributed by atoms with Crippen molar-refractivity contribution in [3.05, 3.63) is 76.3 Å². The summed E-state index contributed by atoms with van der Waals surface area (Å²) in [6.07, 6.45) is -3.40. The molecule has 0 spiro atoms. The highest BCUT2D eigenvalue weighted by Crippen LogP contribution is 2.30. The molecule has 0 atom stereocenters. The maximum absolute atomic E-state index is 12.6. The molecule has 32 heavy (non-hydrogen) atoms. The second kappa shape index (κ2) is 8.10. The summed E-state index contributed by atoms with van der Waals surface area (Å²) in [6, 6.07) is 11.2. The Bertz CT molecular complexity index is 1360. The first-order valence-corrected chi connectivity index (χ1v) is 9.20. The highest BCUT2D eigenvalue weighted by molar-refractivity contribution is 6.05. The van der Waals surface area contributed by atoms with E-state index < -0.39 is 23.7 Å². The predicted octanol–water partition coefficient (Wildman–Crippen LogP) is 4.50. The van der Waals surface area contributed by atoms with E-state index in [4.69, 9.17) is 4.74 Å². The Kier molecular flexibility index (Phi) is 5.31. The molecule has 0 bridgehead atoms. The second-order valence-electron chi connectivity index (χ2n) is 6.72. The van der Waals surface area contributed by atoms with E-state index in [0.717, 1.165) is 12.1 Å². The Morgan fingerprint density at radius 2 is 1.88 bits per heavy atom. The minimum Gasteiger partial charge on any atom is -0.455 e. The van der Waals surface area contributed by atoms with E-state index in [1.165, 1.54) is 18.3 Å². The molecule has 0 unspecified atom stereocenters. The summed E-state index contributed by atoms with van der Waals surface area (Å²) in [4.78, 5) is 33.3. The lowest BCUT2D eigenvalue weighted by Crippen LogP contribution is -2.18. The number of halogens is 3. The molecule has 0 aliphatic heterocycles. The van der Waals surface area contributed by atoms with E-state index in [1.54, 1.807) is 31.2 Å². The molecular formula is C21H15F3N4O4. The molecule has 4 aromatic rings. The van der Waals surface area contributed by atoms with Gasteiger partial charge in [0.05, 0.1) is 0 Å². The lowest BCUT2D eigenvalue weighted by atomic mass is 10.1. The molecule has 0 radical (unpaired) electrons. The van der Waals surface area contributed by atoms with E-state index in [2.05, 4.69) is 25.0 Å². The highest BCUT2D eigenvalue weighted by Gasteiger charge is 2.31. The summed E-state index contributed by atoms with van der Waals surface area (Å²) in [5.74, 6) is -0.429. The summed E-state index contributed by atoms with van der Waals surface area (Å²) in [7, 11) is 0. The average Bonchev–Trinajstić information content (AvgIpc) is 3.10. The molecule has 0 fully saturated rings. The molecule has 0 saturated carbocycles. The molecule has 0 aliphatic rings. The van der Waals surface area contributed by atoms with Gasteiger partial charge in [-0.25, -0.2) is 9.78 Å². The molecular weight excluding hydrogens is 429 g/mol. The number of nitrogens with zero attached hydrogens (tertiary/aromatic N) is 1. The van der Waals surface area contributed by atoms with E-state index >= 15 is 0 Å². The topological polar surface area (TPSA) is 109 Å². The van der Waals surface area contributed by atoms with E-state index in [9.17, 15) is 22.8 Å². The summed E-state index contributed by atoms with van der Waals surface area (Å²) in [6.45, 7) is 1.75. The summed E-state index contributed by atoms with van der Waals surface area (Å²) < 4.78 is 47.0. The molecule has 1 amide bonds. The van der Waals surface area contributed by atoms with Crippen LogP contribution in [-0.4, -0.2) is 27.2 Å². The van der Waals surface area contributed by atoms with Crippen LogP contribution in [0.3, 0.4) is 0 Å². The number of benzene rings is 2. The zero-order chi connectivity index (χ0) is 22.9. The molecule has 8 nitrogen and oxygen atoms in total. The molecule has 4 rings (SSSR count). The van der Waals surface area contributed by atoms with Crippen LogP contribution >= 0.6 is 0 Å². The Morgan fingerprint density at radius 3 is 2.66 bits per heavy atom. The number of fused-ring (bicyclic) bond motifs is 1. The van der Waals surface area contributed by atoms with E-state index in [-0.39, 0.29) is 5.56 Å². The number of imidazole rings is 1. The summed E-state index contributed by atoms with van der Waals surface area (Å²) >= 11 is 0. The first-order chi connectivity index (χ1) is 15.2. The van der Waals surface area contributed by atoms with Crippen molar-refractivity contribution in [3.63, 3.8) is 0 Å². The summed E-state index contributed by atoms with van der Waals surface area (Å²) in [5.41, 5.74) is 1.35. The minimum atomic E-state index is -4.86. The number of anilines is 1. The lowest BCUT2D eigenvalue weighted by molar-refractivity contribution is -0.274. The van der Waals surface area contributed by atoms with E-state index in [0.29, 0.717) is 33.9 Å². The van der Waals surface area contributed by atoms with Gasteiger partial charge < -0.3 is 19.8 Å². The molecule has 0 aliphatic carbocycles. The van der Waals surface area contributed by atoms with Gasteiger partial charge in [0, 0.05) is 29.6 Å². The fourth-order valence-electron chi connectivity index (χ4n) is 2.95. The van der Waals surface area contributed by atoms with Crippen molar-refractivity contribution in [2.45, 2.75) is 13.3 Å². The van der Waals surface area contributed by atoms with Crippen LogP contribution in [0.4, 0.5) is 18.9 Å². The maximum atomic E-state index is 12.6. The van der Waals surface area contributed by atoms with Gasteiger partial charge in [-0.2, -0.15) is 0 Å². The van der Waals surface area contributed by atoms with Gasteiger partial charge >= 0.3 is 12.1 Å². The zero-order valence-corrected chi connectivity index (χ0v) is 16.4. The van der Waals surface area contributed by atoms with Crippen LogP contribution in [0.2, 0.25) is 0 Å². The van der Waals surface area contributed by atoms with Crippen molar-refractivity contribution in [2.24, 2.45) is 0 Å². The zero-order valence-electron chi connectivity index (χ0n) is 16.4. The van der Waals surface area contributed by atoms with Crippen LogP contribution < -0.4 is 20.5 Å². The van der Waals surface area contributed by atoms with Crippen LogP contribution in [0, 0.1) is 6.92 Å². The van der Waals surface area contributed by atoms with Gasteiger partial charge in [0.25, 0.3) is 5.91 Å². The number of alkyl halides is 3. The second-order valence-corrected chi connectivity index (χ2v) is 6.72. The monoisotopic (exact) mass is 444 g/mol. The first kappa shape index (κ1) is 21.0. The van der Waals surface area contributed by atoms with Gasteiger partial charge in [-0.05, 0) is 36.8 Å². The van der Waals surface area contributed by atoms with E-state index in [1.807, 2.05) is 0 Å². The molecule has 2 heterocycles. The molecule has 11 heteroatoms. The van der Waals surface area contributed by atoms with Crippen molar-refractivity contribution < 1.29 is 27.4 Å². The molecule has 2 aromatic carbocycles. The molecule has 0 saturated heterocycles. The third-order valence-electron chi connectivity index (χ3n) is 4.40. The van der Waals surface area contributed by atoms with Crippen molar-refractivity contribution in [1.82, 2.24) is 15.0 Å². The fraction of sp³-hybridized carbons (Fsp3) is 0.0952. The molecule has 2 aromatic heterocycles. The number of aromatic nitrogens is 3. The highest BCUT2D eigenvalue weighted by atomic mass is 19.4. The number of pyridine rings is 1. The van der Waals surface area contributed by atoms with Crippen molar-refractivity contribution in [3.8, 4) is 17.2 Å². The number of H-pyrrole nitrogens is 2. The minimum absolute atomic E-state index is 0.0155. The normalized spacial score (nSPS) is 11.4. The van der Waals surface area contributed by atoms with Crippen molar-refractivity contribution in [1.29, 1.82) is 0 Å². The van der Waals surface area contributed by atoms with Crippen LogP contribution in [-0.2, 0) is 0 Å². The van der Waals surface area contributed by atoms with Crippen LogP contribution in [0.25, 0.3) is 11.2 Å². The lowest BCUT2D eigenvalue weighted by Gasteiger charge is -2.13. The fourth-order valence-corrected chi connectivity index (χ4v) is 2.95. The van der Waals surface area contributed by atoms with Gasteiger partial charge in [-0.3, -0.25) is 9.78 Å². The van der Waals surface area contributed by atoms with Crippen molar-refractivity contribution >= 4 is 22.8 Å². The van der Waals surface area contributed by atoms with Gasteiger partial charge in [0.15, 0.2) is 11.4 Å². The Hall–Kier alpha value is -4.28. The summed E-state index contributed by atoms with van der Waals surface area (Å²) in [5, 5.41) is 2.65. The number of rotatable bonds is 5. The predicted molar refractivity (Wildman–Crippen MR) is 109 cm³/mol. The van der Waals surface area contributed by atoms with Crippen LogP contribution in [0.15, 0.2) is 59.5 Å². The number of amides is 1. The number of ether oxygens (including phenoxy) is 2. The maximum Gasteiger partial charge on any atom is 0.573 e. The van der Waals surface area contributed by atoms with Gasteiger partial charge in [-0.1, -0.05) is 12.1 Å².